The predicted octanol–water partition coefficient (Wildman–Crippen LogP) is 3.53. The number of halogens is 1. The number of hydrogen-bond donors (Lipinski definition) is 1. The Morgan fingerprint density at radius 2 is 1.83 bits per heavy atom. The first-order chi connectivity index (χ1) is 11.0. The molecule has 0 heterocycles. The molecule has 120 valence electrons. The molecule has 1 atom stereocenters. The maximum absolute atomic E-state index is 12.1. The molecule has 0 unspecified atom stereocenters. The second-order valence-electron chi connectivity index (χ2n) is 4.78. The number of rotatable bonds is 5. The largest absolute Gasteiger partial charge is 0.481 e. The molecule has 0 saturated heterocycles. The molecule has 0 aliphatic carbocycles. The number of carbonyl (C=O) groups is 2. The molecule has 0 aliphatic heterocycles. The van der Waals surface area contributed by atoms with Crippen molar-refractivity contribution in [2.75, 3.05) is 12.4 Å². The van der Waals surface area contributed by atoms with Gasteiger partial charge in [-0.05, 0) is 49.4 Å². The van der Waals surface area contributed by atoms with Crippen LogP contribution in [0.3, 0.4) is 0 Å². The zero-order chi connectivity index (χ0) is 16.8. The Hall–Kier alpha value is -2.53. The topological polar surface area (TPSA) is 64.6 Å². The molecule has 5 nitrogen and oxygen atoms in total. The first-order valence-electron chi connectivity index (χ1n) is 6.91. The Morgan fingerprint density at radius 1 is 1.13 bits per heavy atom. The second kappa shape index (κ2) is 7.65. The van der Waals surface area contributed by atoms with Crippen LogP contribution in [0, 0.1) is 0 Å². The van der Waals surface area contributed by atoms with E-state index in [4.69, 9.17) is 16.3 Å². The van der Waals surface area contributed by atoms with Crippen molar-refractivity contribution < 1.29 is 19.1 Å². The minimum atomic E-state index is -0.737. The highest BCUT2D eigenvalue weighted by Gasteiger charge is 2.16. The summed E-state index contributed by atoms with van der Waals surface area (Å²) in [7, 11) is 1.30. The van der Waals surface area contributed by atoms with Crippen molar-refractivity contribution in [3.05, 3.63) is 59.1 Å². The fraction of sp³-hybridized carbons (Fsp3) is 0.176. The molecule has 1 amide bonds. The first-order valence-corrected chi connectivity index (χ1v) is 7.29. The van der Waals surface area contributed by atoms with E-state index in [1.165, 1.54) is 13.2 Å². The molecule has 0 aromatic heterocycles. The zero-order valence-corrected chi connectivity index (χ0v) is 13.5. The normalized spacial score (nSPS) is 11.4. The summed E-state index contributed by atoms with van der Waals surface area (Å²) in [6.07, 6.45) is -0.737. The Morgan fingerprint density at radius 3 is 2.48 bits per heavy atom. The van der Waals surface area contributed by atoms with E-state index in [1.54, 1.807) is 49.4 Å². The highest BCUT2D eigenvalue weighted by atomic mass is 35.5. The van der Waals surface area contributed by atoms with E-state index < -0.39 is 12.1 Å². The van der Waals surface area contributed by atoms with Gasteiger partial charge in [0.15, 0.2) is 6.10 Å². The van der Waals surface area contributed by atoms with Gasteiger partial charge in [0.05, 0.1) is 12.7 Å². The van der Waals surface area contributed by atoms with Crippen molar-refractivity contribution in [2.24, 2.45) is 0 Å². The van der Waals surface area contributed by atoms with E-state index in [1.807, 2.05) is 0 Å². The summed E-state index contributed by atoms with van der Waals surface area (Å²) in [6, 6.07) is 13.2. The molecule has 6 heteroatoms. The maximum Gasteiger partial charge on any atom is 0.337 e. The first kappa shape index (κ1) is 16.8. The van der Waals surface area contributed by atoms with Crippen LogP contribution < -0.4 is 10.1 Å². The van der Waals surface area contributed by atoms with Crippen LogP contribution in [-0.4, -0.2) is 25.1 Å². The average molecular weight is 334 g/mol. The molecule has 0 aliphatic rings. The van der Waals surface area contributed by atoms with Gasteiger partial charge < -0.3 is 14.8 Å². The van der Waals surface area contributed by atoms with E-state index in [0.29, 0.717) is 22.0 Å². The van der Waals surface area contributed by atoms with E-state index in [2.05, 4.69) is 10.1 Å². The number of amides is 1. The standard InChI is InChI=1S/C17H16ClNO4/c1-11(16(20)19-14-8-6-13(18)7-9-14)23-15-5-3-4-12(10-15)17(21)22-2/h3-11H,1-2H3,(H,19,20)/t11-/m0/s1. The summed E-state index contributed by atoms with van der Waals surface area (Å²) in [5, 5.41) is 3.31. The lowest BCUT2D eigenvalue weighted by Gasteiger charge is -2.15. The Bertz CT molecular complexity index is 700. The van der Waals surface area contributed by atoms with Crippen LogP contribution in [0.4, 0.5) is 5.69 Å². The molecular formula is C17H16ClNO4. The lowest BCUT2D eigenvalue weighted by atomic mass is 10.2. The van der Waals surface area contributed by atoms with Crippen LogP contribution in [0.1, 0.15) is 17.3 Å². The second-order valence-corrected chi connectivity index (χ2v) is 5.21. The van der Waals surface area contributed by atoms with Gasteiger partial charge in [0.25, 0.3) is 5.91 Å². The highest BCUT2D eigenvalue weighted by molar-refractivity contribution is 6.30. The Balaban J connectivity index is 2.00. The minimum absolute atomic E-state index is 0.309. The lowest BCUT2D eigenvalue weighted by molar-refractivity contribution is -0.122. The lowest BCUT2D eigenvalue weighted by Crippen LogP contribution is -2.30. The molecule has 0 saturated carbocycles. The van der Waals surface area contributed by atoms with Gasteiger partial charge in [-0.15, -0.1) is 0 Å². The maximum atomic E-state index is 12.1. The van der Waals surface area contributed by atoms with Gasteiger partial charge in [-0.1, -0.05) is 17.7 Å². The number of benzene rings is 2. The van der Waals surface area contributed by atoms with Crippen LogP contribution in [-0.2, 0) is 9.53 Å². The SMILES string of the molecule is COC(=O)c1cccc(O[C@@H](C)C(=O)Nc2ccc(Cl)cc2)c1. The number of hydrogen-bond acceptors (Lipinski definition) is 4. The number of anilines is 1. The number of methoxy groups -OCH3 is 1. The quantitative estimate of drug-likeness (QED) is 0.850. The van der Waals surface area contributed by atoms with Crippen molar-refractivity contribution in [3.8, 4) is 5.75 Å². The van der Waals surface area contributed by atoms with E-state index in [0.717, 1.165) is 0 Å². The highest BCUT2D eigenvalue weighted by Crippen LogP contribution is 2.17. The fourth-order valence-corrected chi connectivity index (χ4v) is 1.97. The van der Waals surface area contributed by atoms with E-state index in [9.17, 15) is 9.59 Å². The van der Waals surface area contributed by atoms with Gasteiger partial charge in [0.2, 0.25) is 0 Å². The monoisotopic (exact) mass is 333 g/mol. The summed E-state index contributed by atoms with van der Waals surface area (Å²) >= 11 is 5.80. The molecule has 2 rings (SSSR count). The van der Waals surface area contributed by atoms with Crippen molar-refractivity contribution in [2.45, 2.75) is 13.0 Å². The van der Waals surface area contributed by atoms with Crippen LogP contribution in [0.2, 0.25) is 5.02 Å². The average Bonchev–Trinajstić information content (AvgIpc) is 2.56. The van der Waals surface area contributed by atoms with Crippen LogP contribution in [0.15, 0.2) is 48.5 Å². The number of ether oxygens (including phenoxy) is 2. The van der Waals surface area contributed by atoms with Crippen LogP contribution in [0.5, 0.6) is 5.75 Å². The molecule has 23 heavy (non-hydrogen) atoms. The van der Waals surface area contributed by atoms with Gasteiger partial charge in [-0.25, -0.2) is 4.79 Å². The van der Waals surface area contributed by atoms with Crippen molar-refractivity contribution in [1.29, 1.82) is 0 Å². The van der Waals surface area contributed by atoms with Gasteiger partial charge in [0, 0.05) is 10.7 Å². The minimum Gasteiger partial charge on any atom is -0.481 e. The number of nitrogens with one attached hydrogen (secondary N) is 1. The van der Waals surface area contributed by atoms with Crippen molar-refractivity contribution >= 4 is 29.2 Å². The summed E-state index contributed by atoms with van der Waals surface area (Å²) in [5.74, 6) is -0.365. The summed E-state index contributed by atoms with van der Waals surface area (Å²) in [4.78, 5) is 23.6. The molecule has 2 aromatic rings. The van der Waals surface area contributed by atoms with Crippen molar-refractivity contribution in [1.82, 2.24) is 0 Å². The fourth-order valence-electron chi connectivity index (χ4n) is 1.85. The van der Waals surface area contributed by atoms with Gasteiger partial charge in [-0.3, -0.25) is 4.79 Å². The third-order valence-electron chi connectivity index (χ3n) is 3.05. The molecule has 0 bridgehead atoms. The van der Waals surface area contributed by atoms with Gasteiger partial charge in [-0.2, -0.15) is 0 Å². The summed E-state index contributed by atoms with van der Waals surface area (Å²) < 4.78 is 10.2. The molecule has 1 N–H and O–H groups in total. The number of carbonyl (C=O) groups excluding carboxylic acids is 2. The Kier molecular flexibility index (Phi) is 5.60. The van der Waals surface area contributed by atoms with Gasteiger partial charge in [0.1, 0.15) is 5.75 Å². The van der Waals surface area contributed by atoms with E-state index in [-0.39, 0.29) is 5.91 Å². The zero-order valence-electron chi connectivity index (χ0n) is 12.7. The summed E-state index contributed by atoms with van der Waals surface area (Å²) in [6.45, 7) is 1.62. The summed E-state index contributed by atoms with van der Waals surface area (Å²) in [5.41, 5.74) is 0.980. The van der Waals surface area contributed by atoms with Crippen LogP contribution in [0.25, 0.3) is 0 Å². The molecular weight excluding hydrogens is 318 g/mol. The predicted molar refractivity (Wildman–Crippen MR) is 88.0 cm³/mol. The van der Waals surface area contributed by atoms with Crippen LogP contribution >= 0.6 is 11.6 Å². The van der Waals surface area contributed by atoms with Gasteiger partial charge >= 0.3 is 5.97 Å². The molecule has 0 radical (unpaired) electrons. The molecule has 0 fully saturated rings. The molecule has 0 spiro atoms. The Labute approximate surface area is 139 Å². The number of esters is 1. The third kappa shape index (κ3) is 4.72. The van der Waals surface area contributed by atoms with E-state index >= 15 is 0 Å². The smallest absolute Gasteiger partial charge is 0.337 e. The van der Waals surface area contributed by atoms with Crippen molar-refractivity contribution in [3.63, 3.8) is 0 Å². The molecule has 2 aromatic carbocycles. The third-order valence-corrected chi connectivity index (χ3v) is 3.30.